The number of fused-ring (bicyclic) bond motifs is 1. The molecule has 0 amide bonds. The summed E-state index contributed by atoms with van der Waals surface area (Å²) in [5.74, 6) is 0. The molecule has 0 radical (unpaired) electrons. The van der Waals surface area contributed by atoms with Crippen LogP contribution in [-0.4, -0.2) is 0 Å². The average molecular weight is 238 g/mol. The van der Waals surface area contributed by atoms with Crippen LogP contribution in [0.4, 0.5) is 0 Å². The van der Waals surface area contributed by atoms with Gasteiger partial charge in [0.2, 0.25) is 0 Å². The second-order valence-corrected chi connectivity index (χ2v) is 4.86. The first-order chi connectivity index (χ1) is 8.86. The fourth-order valence-electron chi connectivity index (χ4n) is 2.63. The van der Waals surface area contributed by atoms with Gasteiger partial charge in [-0.05, 0) is 28.7 Å². The SMILES string of the molecule is NCc1ccc2c(c1)C(Cc1ccccc1)NC2. The highest BCUT2D eigenvalue weighted by atomic mass is 14.9. The predicted molar refractivity (Wildman–Crippen MR) is 74.1 cm³/mol. The Balaban J connectivity index is 1.85. The quantitative estimate of drug-likeness (QED) is 0.862. The molecule has 0 saturated heterocycles. The Morgan fingerprint density at radius 1 is 1.06 bits per heavy atom. The summed E-state index contributed by atoms with van der Waals surface area (Å²) in [6, 6.07) is 17.6. The van der Waals surface area contributed by atoms with Gasteiger partial charge in [-0.3, -0.25) is 0 Å². The fourth-order valence-corrected chi connectivity index (χ4v) is 2.63. The first kappa shape index (κ1) is 11.5. The highest BCUT2D eigenvalue weighted by Crippen LogP contribution is 2.28. The monoisotopic (exact) mass is 238 g/mol. The van der Waals surface area contributed by atoms with Crippen LogP contribution in [0.25, 0.3) is 0 Å². The van der Waals surface area contributed by atoms with Crippen molar-refractivity contribution in [2.45, 2.75) is 25.6 Å². The Labute approximate surface area is 108 Å². The lowest BCUT2D eigenvalue weighted by molar-refractivity contribution is 0.581. The van der Waals surface area contributed by atoms with Gasteiger partial charge in [0, 0.05) is 19.1 Å². The van der Waals surface area contributed by atoms with Crippen LogP contribution < -0.4 is 11.1 Å². The van der Waals surface area contributed by atoms with Crippen molar-refractivity contribution in [3.05, 3.63) is 70.8 Å². The number of hydrogen-bond donors (Lipinski definition) is 2. The number of hydrogen-bond acceptors (Lipinski definition) is 2. The van der Waals surface area contributed by atoms with Crippen LogP contribution in [0.15, 0.2) is 48.5 Å². The van der Waals surface area contributed by atoms with Gasteiger partial charge in [0.15, 0.2) is 0 Å². The summed E-state index contributed by atoms with van der Waals surface area (Å²) in [5.41, 5.74) is 11.1. The van der Waals surface area contributed by atoms with Crippen molar-refractivity contribution in [2.75, 3.05) is 0 Å². The third-order valence-corrected chi connectivity index (χ3v) is 3.64. The van der Waals surface area contributed by atoms with E-state index in [4.69, 9.17) is 5.73 Å². The Bertz CT molecular complexity index is 534. The Morgan fingerprint density at radius 3 is 2.67 bits per heavy atom. The molecule has 0 aliphatic carbocycles. The summed E-state index contributed by atoms with van der Waals surface area (Å²) in [7, 11) is 0. The zero-order chi connectivity index (χ0) is 12.4. The van der Waals surface area contributed by atoms with Gasteiger partial charge in [-0.25, -0.2) is 0 Å². The molecule has 3 N–H and O–H groups in total. The lowest BCUT2D eigenvalue weighted by Gasteiger charge is -2.13. The van der Waals surface area contributed by atoms with Gasteiger partial charge in [0.25, 0.3) is 0 Å². The average Bonchev–Trinajstić information content (AvgIpc) is 2.82. The standard InChI is InChI=1S/C16H18N2/c17-10-13-6-7-14-11-18-16(15(14)8-13)9-12-4-2-1-3-5-12/h1-8,16,18H,9-11,17H2. The van der Waals surface area contributed by atoms with Crippen molar-refractivity contribution < 1.29 is 0 Å². The minimum Gasteiger partial charge on any atom is -0.326 e. The van der Waals surface area contributed by atoms with Crippen LogP contribution >= 0.6 is 0 Å². The summed E-state index contributed by atoms with van der Waals surface area (Å²) >= 11 is 0. The Kier molecular flexibility index (Phi) is 3.13. The predicted octanol–water partition coefficient (Wildman–Crippen LogP) is 2.53. The molecule has 0 fully saturated rings. The van der Waals surface area contributed by atoms with Crippen LogP contribution in [0, 0.1) is 0 Å². The molecule has 18 heavy (non-hydrogen) atoms. The van der Waals surface area contributed by atoms with Crippen molar-refractivity contribution in [3.8, 4) is 0 Å². The summed E-state index contributed by atoms with van der Waals surface area (Å²) in [6.45, 7) is 1.59. The lowest BCUT2D eigenvalue weighted by Crippen LogP contribution is -2.14. The van der Waals surface area contributed by atoms with E-state index in [9.17, 15) is 0 Å². The molecule has 0 saturated carbocycles. The summed E-state index contributed by atoms with van der Waals surface area (Å²) in [5, 5.41) is 3.58. The van der Waals surface area contributed by atoms with Crippen LogP contribution in [0.2, 0.25) is 0 Å². The maximum Gasteiger partial charge on any atom is 0.0367 e. The van der Waals surface area contributed by atoms with Gasteiger partial charge < -0.3 is 11.1 Å². The molecule has 1 unspecified atom stereocenters. The molecule has 1 atom stereocenters. The minimum absolute atomic E-state index is 0.425. The molecule has 1 aliphatic heterocycles. The highest BCUT2D eigenvalue weighted by molar-refractivity contribution is 5.38. The topological polar surface area (TPSA) is 38.0 Å². The van der Waals surface area contributed by atoms with E-state index in [1.165, 1.54) is 22.3 Å². The number of nitrogens with one attached hydrogen (secondary N) is 1. The Hall–Kier alpha value is -1.64. The van der Waals surface area contributed by atoms with E-state index >= 15 is 0 Å². The number of benzene rings is 2. The second kappa shape index (κ2) is 4.92. The molecule has 2 aromatic rings. The lowest BCUT2D eigenvalue weighted by atomic mass is 9.97. The molecule has 92 valence electrons. The maximum absolute atomic E-state index is 5.72. The highest BCUT2D eigenvalue weighted by Gasteiger charge is 2.21. The van der Waals surface area contributed by atoms with Crippen LogP contribution in [-0.2, 0) is 19.5 Å². The van der Waals surface area contributed by atoms with E-state index in [1.54, 1.807) is 0 Å². The first-order valence-corrected chi connectivity index (χ1v) is 6.46. The van der Waals surface area contributed by atoms with E-state index in [0.29, 0.717) is 12.6 Å². The molecule has 3 rings (SSSR count). The zero-order valence-electron chi connectivity index (χ0n) is 10.4. The molecule has 2 heteroatoms. The van der Waals surface area contributed by atoms with Gasteiger partial charge in [-0.1, -0.05) is 48.5 Å². The molecule has 0 bridgehead atoms. The van der Waals surface area contributed by atoms with E-state index in [2.05, 4.69) is 53.8 Å². The molecular weight excluding hydrogens is 220 g/mol. The first-order valence-electron chi connectivity index (χ1n) is 6.46. The van der Waals surface area contributed by atoms with Gasteiger partial charge >= 0.3 is 0 Å². The largest absolute Gasteiger partial charge is 0.326 e. The van der Waals surface area contributed by atoms with Gasteiger partial charge in [-0.15, -0.1) is 0 Å². The summed E-state index contributed by atoms with van der Waals surface area (Å²) < 4.78 is 0. The fraction of sp³-hybridized carbons (Fsp3) is 0.250. The number of rotatable bonds is 3. The van der Waals surface area contributed by atoms with Crippen LogP contribution in [0.3, 0.4) is 0 Å². The maximum atomic E-state index is 5.72. The van der Waals surface area contributed by atoms with Gasteiger partial charge in [-0.2, -0.15) is 0 Å². The molecule has 0 aromatic heterocycles. The molecule has 2 nitrogen and oxygen atoms in total. The summed E-state index contributed by atoms with van der Waals surface area (Å²) in [4.78, 5) is 0. The third-order valence-electron chi connectivity index (χ3n) is 3.64. The molecule has 1 heterocycles. The van der Waals surface area contributed by atoms with Crippen molar-refractivity contribution in [2.24, 2.45) is 5.73 Å². The summed E-state index contributed by atoms with van der Waals surface area (Å²) in [6.07, 6.45) is 1.04. The third kappa shape index (κ3) is 2.17. The Morgan fingerprint density at radius 2 is 1.89 bits per heavy atom. The van der Waals surface area contributed by atoms with Crippen molar-refractivity contribution in [1.29, 1.82) is 0 Å². The zero-order valence-corrected chi connectivity index (χ0v) is 10.4. The van der Waals surface area contributed by atoms with E-state index < -0.39 is 0 Å². The van der Waals surface area contributed by atoms with Crippen LogP contribution in [0.5, 0.6) is 0 Å². The molecule has 1 aliphatic rings. The molecular formula is C16H18N2. The van der Waals surface area contributed by atoms with E-state index in [-0.39, 0.29) is 0 Å². The smallest absolute Gasteiger partial charge is 0.0367 e. The van der Waals surface area contributed by atoms with E-state index in [1.807, 2.05) is 0 Å². The minimum atomic E-state index is 0.425. The van der Waals surface area contributed by atoms with Crippen molar-refractivity contribution in [3.63, 3.8) is 0 Å². The van der Waals surface area contributed by atoms with Crippen molar-refractivity contribution in [1.82, 2.24) is 5.32 Å². The van der Waals surface area contributed by atoms with E-state index in [0.717, 1.165) is 13.0 Å². The number of nitrogens with two attached hydrogens (primary N) is 1. The van der Waals surface area contributed by atoms with Crippen LogP contribution in [0.1, 0.15) is 28.3 Å². The molecule has 2 aromatic carbocycles. The van der Waals surface area contributed by atoms with Gasteiger partial charge in [0.05, 0.1) is 0 Å². The van der Waals surface area contributed by atoms with Gasteiger partial charge in [0.1, 0.15) is 0 Å². The second-order valence-electron chi connectivity index (χ2n) is 4.86. The van der Waals surface area contributed by atoms with Crippen molar-refractivity contribution >= 4 is 0 Å². The normalized spacial score (nSPS) is 17.7. The molecule has 0 spiro atoms.